The van der Waals surface area contributed by atoms with Crippen molar-refractivity contribution in [2.75, 3.05) is 39.6 Å². The zero-order valence-electron chi connectivity index (χ0n) is 65.5. The van der Waals surface area contributed by atoms with E-state index in [1.807, 2.05) is 0 Å². The van der Waals surface area contributed by atoms with Crippen molar-refractivity contribution in [1.29, 1.82) is 0 Å². The summed E-state index contributed by atoms with van der Waals surface area (Å²) in [5.74, 6) is -0.602. The van der Waals surface area contributed by atoms with Crippen molar-refractivity contribution in [3.63, 3.8) is 0 Å². The van der Waals surface area contributed by atoms with E-state index in [4.69, 9.17) is 37.0 Å². The van der Waals surface area contributed by atoms with Gasteiger partial charge in [0.1, 0.15) is 19.3 Å². The number of carbonyl (C=O) groups is 4. The molecule has 0 aliphatic heterocycles. The van der Waals surface area contributed by atoms with Gasteiger partial charge in [-0.15, -0.1) is 0 Å². The Morgan fingerprint density at radius 3 is 0.680 bits per heavy atom. The molecule has 5 atom stereocenters. The van der Waals surface area contributed by atoms with Crippen molar-refractivity contribution in [1.82, 2.24) is 0 Å². The fourth-order valence-electron chi connectivity index (χ4n) is 12.5. The summed E-state index contributed by atoms with van der Waals surface area (Å²) in [5.41, 5.74) is 0. The van der Waals surface area contributed by atoms with Crippen molar-refractivity contribution < 1.29 is 80.2 Å². The number of aliphatic hydroxyl groups excluding tert-OH is 1. The van der Waals surface area contributed by atoms with Gasteiger partial charge < -0.3 is 33.8 Å². The number of phosphoric acid groups is 2. The Bertz CT molecular complexity index is 1920. The predicted octanol–water partition coefficient (Wildman–Crippen LogP) is 24.3. The lowest BCUT2D eigenvalue weighted by Gasteiger charge is -2.21. The number of unbranched alkanes of at least 4 members (excludes halogenated alkanes) is 50. The molecule has 0 radical (unpaired) electrons. The van der Waals surface area contributed by atoms with Crippen LogP contribution in [-0.4, -0.2) is 96.7 Å². The Kier molecular flexibility index (Phi) is 71.2. The van der Waals surface area contributed by atoms with Crippen molar-refractivity contribution in [2.45, 2.75) is 445 Å². The van der Waals surface area contributed by atoms with Crippen molar-refractivity contribution in [3.05, 3.63) is 0 Å². The van der Waals surface area contributed by atoms with Crippen LogP contribution in [-0.2, 0) is 65.4 Å². The molecule has 100 heavy (non-hydrogen) atoms. The minimum absolute atomic E-state index is 0.107. The minimum atomic E-state index is -4.96. The molecule has 0 spiro atoms. The third-order valence-electron chi connectivity index (χ3n) is 19.0. The molecule has 0 heterocycles. The molecule has 0 aliphatic rings. The Labute approximate surface area is 613 Å². The molecule has 0 aromatic carbocycles. The normalized spacial score (nSPS) is 13.9. The molecule has 0 bridgehead atoms. The van der Waals surface area contributed by atoms with Crippen molar-refractivity contribution in [2.24, 2.45) is 11.8 Å². The van der Waals surface area contributed by atoms with Gasteiger partial charge in [0.25, 0.3) is 0 Å². The van der Waals surface area contributed by atoms with Gasteiger partial charge in [-0.05, 0) is 37.5 Å². The van der Waals surface area contributed by atoms with Crippen LogP contribution >= 0.6 is 15.6 Å². The Morgan fingerprint density at radius 2 is 0.460 bits per heavy atom. The first kappa shape index (κ1) is 98.1. The zero-order chi connectivity index (χ0) is 73.5. The lowest BCUT2D eigenvalue weighted by Crippen LogP contribution is -2.30. The molecule has 2 unspecified atom stereocenters. The van der Waals surface area contributed by atoms with E-state index in [0.717, 1.165) is 102 Å². The van der Waals surface area contributed by atoms with Gasteiger partial charge in [-0.2, -0.15) is 0 Å². The fraction of sp³-hybridized carbons (Fsp3) is 0.951. The van der Waals surface area contributed by atoms with Crippen LogP contribution in [0.15, 0.2) is 0 Å². The van der Waals surface area contributed by atoms with E-state index in [9.17, 15) is 43.2 Å². The van der Waals surface area contributed by atoms with E-state index < -0.39 is 97.5 Å². The van der Waals surface area contributed by atoms with Crippen LogP contribution in [0.3, 0.4) is 0 Å². The van der Waals surface area contributed by atoms with Gasteiger partial charge >= 0.3 is 39.5 Å². The number of ether oxygens (including phenoxy) is 4. The number of hydrogen-bond acceptors (Lipinski definition) is 15. The number of aliphatic hydroxyl groups is 1. The fourth-order valence-corrected chi connectivity index (χ4v) is 14.1. The molecule has 0 saturated heterocycles. The summed E-state index contributed by atoms with van der Waals surface area (Å²) in [7, 11) is -9.92. The van der Waals surface area contributed by atoms with Crippen LogP contribution < -0.4 is 0 Å². The van der Waals surface area contributed by atoms with Gasteiger partial charge in [0.05, 0.1) is 26.4 Å². The van der Waals surface area contributed by atoms with Gasteiger partial charge in [-0.25, -0.2) is 9.13 Å². The van der Waals surface area contributed by atoms with E-state index >= 15 is 0 Å². The predicted molar refractivity (Wildman–Crippen MR) is 409 cm³/mol. The maximum Gasteiger partial charge on any atom is 0.472 e. The molecule has 0 fully saturated rings. The van der Waals surface area contributed by atoms with E-state index in [1.165, 1.54) is 244 Å². The topological polar surface area (TPSA) is 237 Å². The summed E-state index contributed by atoms with van der Waals surface area (Å²) in [6.45, 7) is 9.60. The second-order valence-electron chi connectivity index (χ2n) is 30.1. The summed E-state index contributed by atoms with van der Waals surface area (Å²) < 4.78 is 68.7. The number of carbonyl (C=O) groups excluding carboxylic acids is 4. The van der Waals surface area contributed by atoms with Gasteiger partial charge in [-0.1, -0.05) is 375 Å². The standard InChI is InChI=1S/C81H158O17P2/c1-7-9-11-13-15-17-19-21-22-23-24-25-26-27-28-29-30-36-40-48-54-60-66-81(86)97-76(69-91-78(83)63-57-51-45-38-35-32-31-33-37-43-49-55-61-73(3)4)71-95-99(87,88)93-67-75(82)68-94-100(89,90)96-72-77(70-92-79(84)64-58-52-46-42-41-44-50-56-62-74(5)6)98-80(85)65-59-53-47-39-34-20-18-16-14-12-10-8-2/h73-77,82H,7-72H2,1-6H3,(H,87,88)(H,89,90)/t75-,76-,77-/m1/s1. The first-order valence-corrected chi connectivity index (χ1v) is 45.0. The molecule has 3 N–H and O–H groups in total. The zero-order valence-corrected chi connectivity index (χ0v) is 67.3. The summed E-state index contributed by atoms with van der Waals surface area (Å²) in [5, 5.41) is 10.6. The molecule has 0 aliphatic carbocycles. The van der Waals surface area contributed by atoms with Crippen LogP contribution in [0.5, 0.6) is 0 Å². The average molecular weight is 1470 g/mol. The highest BCUT2D eigenvalue weighted by Crippen LogP contribution is 2.45. The summed E-state index contributed by atoms with van der Waals surface area (Å²) >= 11 is 0. The van der Waals surface area contributed by atoms with Gasteiger partial charge in [0.2, 0.25) is 0 Å². The van der Waals surface area contributed by atoms with Crippen LogP contribution in [0.1, 0.15) is 427 Å². The lowest BCUT2D eigenvalue weighted by atomic mass is 10.0. The van der Waals surface area contributed by atoms with Crippen LogP contribution in [0, 0.1) is 11.8 Å². The second-order valence-corrected chi connectivity index (χ2v) is 33.0. The van der Waals surface area contributed by atoms with Crippen LogP contribution in [0.2, 0.25) is 0 Å². The largest absolute Gasteiger partial charge is 0.472 e. The van der Waals surface area contributed by atoms with Crippen LogP contribution in [0.25, 0.3) is 0 Å². The molecular weight excluding hydrogens is 1310 g/mol. The number of hydrogen-bond donors (Lipinski definition) is 3. The molecule has 594 valence electrons. The highest BCUT2D eigenvalue weighted by Gasteiger charge is 2.30. The van der Waals surface area contributed by atoms with Gasteiger partial charge in [0.15, 0.2) is 12.2 Å². The third kappa shape index (κ3) is 74.3. The smallest absolute Gasteiger partial charge is 0.462 e. The quantitative estimate of drug-likeness (QED) is 0.0222. The highest BCUT2D eigenvalue weighted by molar-refractivity contribution is 7.47. The van der Waals surface area contributed by atoms with Crippen LogP contribution in [0.4, 0.5) is 0 Å². The van der Waals surface area contributed by atoms with E-state index in [-0.39, 0.29) is 25.7 Å². The minimum Gasteiger partial charge on any atom is -0.462 e. The monoisotopic (exact) mass is 1470 g/mol. The number of esters is 4. The number of phosphoric ester groups is 2. The molecule has 0 rings (SSSR count). The Balaban J connectivity index is 5.21. The molecule has 0 amide bonds. The Morgan fingerprint density at radius 1 is 0.270 bits per heavy atom. The maximum atomic E-state index is 13.1. The van der Waals surface area contributed by atoms with Gasteiger partial charge in [-0.3, -0.25) is 37.3 Å². The second kappa shape index (κ2) is 72.6. The molecule has 17 nitrogen and oxygen atoms in total. The molecule has 0 saturated carbocycles. The maximum absolute atomic E-state index is 13.1. The number of rotatable bonds is 80. The van der Waals surface area contributed by atoms with E-state index in [0.29, 0.717) is 25.7 Å². The van der Waals surface area contributed by atoms with Crippen molar-refractivity contribution >= 4 is 39.5 Å². The van der Waals surface area contributed by atoms with Crippen molar-refractivity contribution in [3.8, 4) is 0 Å². The Hall–Kier alpha value is -1.94. The van der Waals surface area contributed by atoms with E-state index in [2.05, 4.69) is 41.5 Å². The average Bonchev–Trinajstić information content (AvgIpc) is 0.917. The summed E-state index contributed by atoms with van der Waals surface area (Å²) in [6, 6.07) is 0. The first-order chi connectivity index (χ1) is 48.4. The SMILES string of the molecule is CCCCCCCCCCCCCCCCCCCCCCCCC(=O)O[C@H](COC(=O)CCCCCCCCCCCCCCC(C)C)COP(=O)(O)OC[C@@H](O)COP(=O)(O)OC[C@@H](COC(=O)CCCCCCCCCCC(C)C)OC(=O)CCCCCCCCCCCCCC. The van der Waals surface area contributed by atoms with E-state index in [1.54, 1.807) is 0 Å². The third-order valence-corrected chi connectivity index (χ3v) is 20.9. The van der Waals surface area contributed by atoms with Gasteiger partial charge in [0, 0.05) is 25.7 Å². The molecule has 0 aromatic rings. The molecule has 0 aromatic heterocycles. The summed E-state index contributed by atoms with van der Waals surface area (Å²) in [4.78, 5) is 73.0. The first-order valence-electron chi connectivity index (χ1n) is 42.0. The molecular formula is C81H158O17P2. The summed E-state index contributed by atoms with van der Waals surface area (Å²) in [6.07, 6.45) is 62.6. The lowest BCUT2D eigenvalue weighted by molar-refractivity contribution is -0.161. The molecule has 19 heteroatoms. The highest BCUT2D eigenvalue weighted by atomic mass is 31.2.